The molecule has 0 amide bonds. The summed E-state index contributed by atoms with van der Waals surface area (Å²) in [4.78, 5) is 0. The molecule has 0 heterocycles. The minimum absolute atomic E-state index is 0. The fraction of sp³-hybridized carbons (Fsp3) is 0. The predicted molar refractivity (Wildman–Crippen MR) is 77.4 cm³/mol. The average molecular weight is 254 g/mol. The van der Waals surface area contributed by atoms with Gasteiger partial charge in [0, 0.05) is 0 Å². The molecule has 4 heteroatoms. The Labute approximate surface area is 102 Å². The fourth-order valence-electron chi connectivity index (χ4n) is 1.31. The van der Waals surface area contributed by atoms with Gasteiger partial charge < -0.3 is 10.2 Å². The van der Waals surface area contributed by atoms with Crippen LogP contribution in [-0.4, -0.2) is 10.2 Å². The Morgan fingerprint density at radius 1 is 0.500 bits per heavy atom. The van der Waals surface area contributed by atoms with Gasteiger partial charge in [0.1, 0.15) is 11.5 Å². The molecule has 0 aromatic heterocycles. The summed E-state index contributed by atoms with van der Waals surface area (Å²) < 4.78 is 0. The molecule has 0 aliphatic heterocycles. The highest BCUT2D eigenvalue weighted by atomic mass is 31.0. The van der Waals surface area contributed by atoms with E-state index >= 15 is 0 Å². The summed E-state index contributed by atoms with van der Waals surface area (Å²) in [5.74, 6) is 0.514. The summed E-state index contributed by atoms with van der Waals surface area (Å²) >= 11 is 0. The maximum Gasteiger partial charge on any atom is 0.115 e. The van der Waals surface area contributed by atoms with Gasteiger partial charge in [-0.2, -0.15) is 19.8 Å². The Morgan fingerprint density at radius 3 is 1.00 bits per heavy atom. The van der Waals surface area contributed by atoms with Gasteiger partial charge in [-0.1, -0.05) is 24.3 Å². The van der Waals surface area contributed by atoms with E-state index in [4.69, 9.17) is 10.2 Å². The first-order chi connectivity index (χ1) is 6.75. The van der Waals surface area contributed by atoms with Crippen molar-refractivity contribution in [3.05, 3.63) is 48.5 Å². The van der Waals surface area contributed by atoms with Crippen molar-refractivity contribution < 1.29 is 10.2 Å². The first kappa shape index (κ1) is 14.9. The third kappa shape index (κ3) is 3.48. The molecule has 0 radical (unpaired) electrons. The fourth-order valence-corrected chi connectivity index (χ4v) is 1.31. The predicted octanol–water partition coefficient (Wildman–Crippen LogP) is 2.88. The van der Waals surface area contributed by atoms with Gasteiger partial charge in [0.15, 0.2) is 0 Å². The SMILES string of the molecule is Oc1ccc(-c2ccc(O)cc2)cc1.P.P. The van der Waals surface area contributed by atoms with Crippen molar-refractivity contribution in [3.63, 3.8) is 0 Å². The number of phenols is 2. The van der Waals surface area contributed by atoms with E-state index in [1.165, 1.54) is 0 Å². The van der Waals surface area contributed by atoms with Crippen LogP contribution in [0.25, 0.3) is 11.1 Å². The van der Waals surface area contributed by atoms with E-state index in [9.17, 15) is 0 Å². The molecule has 0 saturated carbocycles. The highest BCUT2D eigenvalue weighted by molar-refractivity contribution is 6.92. The Hall–Kier alpha value is -1.10. The van der Waals surface area contributed by atoms with Gasteiger partial charge >= 0.3 is 0 Å². The summed E-state index contributed by atoms with van der Waals surface area (Å²) in [6, 6.07) is 13.9. The van der Waals surface area contributed by atoms with E-state index in [-0.39, 0.29) is 31.3 Å². The zero-order chi connectivity index (χ0) is 9.97. The van der Waals surface area contributed by atoms with Gasteiger partial charge in [-0.15, -0.1) is 0 Å². The summed E-state index contributed by atoms with van der Waals surface area (Å²) in [6.07, 6.45) is 0. The Kier molecular flexibility index (Phi) is 6.03. The lowest BCUT2D eigenvalue weighted by atomic mass is 10.1. The third-order valence-electron chi connectivity index (χ3n) is 2.07. The average Bonchev–Trinajstić information content (AvgIpc) is 2.21. The molecule has 2 aromatic rings. The molecule has 2 N–H and O–H groups in total. The van der Waals surface area contributed by atoms with Gasteiger partial charge in [-0.25, -0.2) is 0 Å². The second-order valence-electron chi connectivity index (χ2n) is 3.09. The zero-order valence-electron chi connectivity index (χ0n) is 8.93. The first-order valence-corrected chi connectivity index (χ1v) is 4.34. The molecule has 0 aliphatic carbocycles. The van der Waals surface area contributed by atoms with E-state index in [0.29, 0.717) is 0 Å². The zero-order valence-corrected chi connectivity index (χ0v) is 11.8. The van der Waals surface area contributed by atoms with Gasteiger partial charge in [-0.05, 0) is 35.4 Å². The number of aromatic hydroxyl groups is 2. The highest BCUT2D eigenvalue weighted by Crippen LogP contribution is 2.23. The van der Waals surface area contributed by atoms with Crippen molar-refractivity contribution in [2.45, 2.75) is 0 Å². The number of benzene rings is 2. The molecule has 0 aliphatic rings. The molecule has 0 bridgehead atoms. The summed E-state index contributed by atoms with van der Waals surface area (Å²) in [7, 11) is 0. The normalized spacial score (nSPS) is 8.75. The molecule has 0 spiro atoms. The van der Waals surface area contributed by atoms with Crippen LogP contribution in [0.15, 0.2) is 48.5 Å². The van der Waals surface area contributed by atoms with Crippen molar-refractivity contribution in [1.82, 2.24) is 0 Å². The van der Waals surface area contributed by atoms with Crippen LogP contribution in [0.2, 0.25) is 0 Å². The lowest BCUT2D eigenvalue weighted by Crippen LogP contribution is -1.75. The third-order valence-corrected chi connectivity index (χ3v) is 2.07. The van der Waals surface area contributed by atoms with Crippen LogP contribution in [0.4, 0.5) is 0 Å². The van der Waals surface area contributed by atoms with Crippen LogP contribution in [0.1, 0.15) is 0 Å². The van der Waals surface area contributed by atoms with Gasteiger partial charge in [0.2, 0.25) is 0 Å². The lowest BCUT2D eigenvalue weighted by Gasteiger charge is -2.01. The monoisotopic (exact) mass is 254 g/mol. The first-order valence-electron chi connectivity index (χ1n) is 4.34. The number of hydrogen-bond acceptors (Lipinski definition) is 2. The second-order valence-corrected chi connectivity index (χ2v) is 3.09. The van der Waals surface area contributed by atoms with Crippen molar-refractivity contribution >= 4 is 19.8 Å². The lowest BCUT2D eigenvalue weighted by molar-refractivity contribution is 0.474. The maximum absolute atomic E-state index is 9.11. The Balaban J connectivity index is 0.00000112. The smallest absolute Gasteiger partial charge is 0.115 e. The molecular formula is C12H16O2P2. The highest BCUT2D eigenvalue weighted by Gasteiger charge is 1.96. The van der Waals surface area contributed by atoms with Crippen LogP contribution < -0.4 is 0 Å². The second kappa shape index (κ2) is 6.48. The number of hydrogen-bond donors (Lipinski definition) is 2. The van der Waals surface area contributed by atoms with Gasteiger partial charge in [-0.3, -0.25) is 0 Å². The van der Waals surface area contributed by atoms with Crippen molar-refractivity contribution in [1.29, 1.82) is 0 Å². The summed E-state index contributed by atoms with van der Waals surface area (Å²) in [6.45, 7) is 0. The Morgan fingerprint density at radius 2 is 0.750 bits per heavy atom. The summed E-state index contributed by atoms with van der Waals surface area (Å²) in [5, 5.41) is 18.2. The van der Waals surface area contributed by atoms with Gasteiger partial charge in [0.05, 0.1) is 0 Å². The molecule has 16 heavy (non-hydrogen) atoms. The minimum atomic E-state index is 0. The van der Waals surface area contributed by atoms with Crippen LogP contribution in [0.3, 0.4) is 0 Å². The number of rotatable bonds is 1. The standard InChI is InChI=1S/C12H10O2.2H3P/c13-11-5-1-9(2-6-11)10-3-7-12(14)8-4-10;;/h1-8,13-14H;2*1H3. The van der Waals surface area contributed by atoms with E-state index in [0.717, 1.165) is 11.1 Å². The molecule has 86 valence electrons. The van der Waals surface area contributed by atoms with E-state index < -0.39 is 0 Å². The molecule has 2 aromatic carbocycles. The molecule has 0 fully saturated rings. The number of phenolic OH excluding ortho intramolecular Hbond substituents is 2. The van der Waals surface area contributed by atoms with Crippen LogP contribution in [0, 0.1) is 0 Å². The largest absolute Gasteiger partial charge is 0.508 e. The van der Waals surface area contributed by atoms with Crippen molar-refractivity contribution in [3.8, 4) is 22.6 Å². The Bertz CT molecular complexity index is 380. The topological polar surface area (TPSA) is 40.5 Å². The minimum Gasteiger partial charge on any atom is -0.508 e. The molecule has 2 atom stereocenters. The van der Waals surface area contributed by atoms with Crippen LogP contribution in [0.5, 0.6) is 11.5 Å². The van der Waals surface area contributed by atoms with Crippen molar-refractivity contribution in [2.75, 3.05) is 0 Å². The van der Waals surface area contributed by atoms with E-state index in [1.54, 1.807) is 24.3 Å². The maximum atomic E-state index is 9.11. The van der Waals surface area contributed by atoms with Crippen LogP contribution >= 0.6 is 19.8 Å². The molecule has 2 nitrogen and oxygen atoms in total. The molecular weight excluding hydrogens is 238 g/mol. The molecule has 2 unspecified atom stereocenters. The summed E-state index contributed by atoms with van der Waals surface area (Å²) in [5.41, 5.74) is 2.03. The van der Waals surface area contributed by atoms with Gasteiger partial charge in [0.25, 0.3) is 0 Å². The quantitative estimate of drug-likeness (QED) is 0.768. The molecule has 0 saturated heterocycles. The molecule has 2 rings (SSSR count). The van der Waals surface area contributed by atoms with E-state index in [2.05, 4.69) is 0 Å². The van der Waals surface area contributed by atoms with Crippen LogP contribution in [-0.2, 0) is 0 Å². The van der Waals surface area contributed by atoms with E-state index in [1.807, 2.05) is 24.3 Å². The van der Waals surface area contributed by atoms with Crippen molar-refractivity contribution in [2.24, 2.45) is 0 Å².